The fourth-order valence-corrected chi connectivity index (χ4v) is 3.31. The molecule has 2 rings (SSSR count). The van der Waals surface area contributed by atoms with Crippen LogP contribution in [0.15, 0.2) is 0 Å². The molecule has 5 heteroatoms. The molecule has 1 saturated heterocycles. The van der Waals surface area contributed by atoms with Gasteiger partial charge in [0.2, 0.25) is 5.91 Å². The Morgan fingerprint density at radius 1 is 1.41 bits per heavy atom. The van der Waals surface area contributed by atoms with Gasteiger partial charge in [0.15, 0.2) is 0 Å². The molecule has 120 valence electrons. The maximum absolute atomic E-state index is 12.4. The summed E-state index contributed by atoms with van der Waals surface area (Å²) in [6, 6.07) is 2.53. The zero-order valence-electron chi connectivity index (χ0n) is 13.9. The number of carbonyl (C=O) groups excluding carboxylic acids is 1. The topological polar surface area (TPSA) is 61.9 Å². The summed E-state index contributed by atoms with van der Waals surface area (Å²) < 4.78 is 1.89. The van der Waals surface area contributed by atoms with Crippen molar-refractivity contribution in [2.75, 3.05) is 6.54 Å². The monoisotopic (exact) mass is 302 g/mol. The Hall–Kier alpha value is -1.83. The molecule has 1 aliphatic rings. The molecule has 1 aromatic heterocycles. The lowest BCUT2D eigenvalue weighted by atomic mass is 10.0. The summed E-state index contributed by atoms with van der Waals surface area (Å²) in [5.74, 6) is 0.260. The Labute approximate surface area is 132 Å². The molecule has 1 fully saturated rings. The minimum Gasteiger partial charge on any atom is -0.340 e. The van der Waals surface area contributed by atoms with E-state index < -0.39 is 0 Å². The van der Waals surface area contributed by atoms with Crippen LogP contribution < -0.4 is 0 Å². The number of likely N-dealkylation sites (tertiary alicyclic amines) is 1. The zero-order chi connectivity index (χ0) is 16.1. The number of nitriles is 1. The van der Waals surface area contributed by atoms with Crippen LogP contribution in [0.4, 0.5) is 0 Å². The van der Waals surface area contributed by atoms with Crippen molar-refractivity contribution in [3.8, 4) is 6.07 Å². The highest BCUT2D eigenvalue weighted by Gasteiger charge is 2.23. The van der Waals surface area contributed by atoms with Crippen LogP contribution in [-0.2, 0) is 17.8 Å². The van der Waals surface area contributed by atoms with Gasteiger partial charge in [0, 0.05) is 24.7 Å². The number of amides is 1. The van der Waals surface area contributed by atoms with Crippen LogP contribution in [0.3, 0.4) is 0 Å². The fourth-order valence-electron chi connectivity index (χ4n) is 3.31. The smallest absolute Gasteiger partial charge is 0.223 e. The van der Waals surface area contributed by atoms with Crippen LogP contribution in [0.2, 0.25) is 0 Å². The third-order valence-electron chi connectivity index (χ3n) is 4.68. The number of hydrogen-bond donors (Lipinski definition) is 0. The van der Waals surface area contributed by atoms with E-state index in [0.717, 1.165) is 42.8 Å². The first-order chi connectivity index (χ1) is 10.5. The number of carbonyl (C=O) groups is 1. The van der Waals surface area contributed by atoms with Gasteiger partial charge in [0.25, 0.3) is 0 Å². The third-order valence-corrected chi connectivity index (χ3v) is 4.68. The van der Waals surface area contributed by atoms with E-state index in [1.54, 1.807) is 0 Å². The Balaban J connectivity index is 1.97. The van der Waals surface area contributed by atoms with Gasteiger partial charge in [-0.05, 0) is 52.0 Å². The second kappa shape index (κ2) is 7.44. The van der Waals surface area contributed by atoms with E-state index in [1.807, 2.05) is 23.4 Å². The van der Waals surface area contributed by atoms with E-state index in [0.29, 0.717) is 25.4 Å². The average molecular weight is 302 g/mol. The second-order valence-corrected chi connectivity index (χ2v) is 6.21. The normalized spacial score (nSPS) is 18.3. The second-order valence-electron chi connectivity index (χ2n) is 6.21. The molecule has 1 unspecified atom stereocenters. The van der Waals surface area contributed by atoms with Crippen molar-refractivity contribution in [1.82, 2.24) is 14.7 Å². The van der Waals surface area contributed by atoms with Gasteiger partial charge in [-0.25, -0.2) is 0 Å². The number of hydrogen-bond acceptors (Lipinski definition) is 3. The Morgan fingerprint density at radius 2 is 2.18 bits per heavy atom. The van der Waals surface area contributed by atoms with Crippen LogP contribution >= 0.6 is 0 Å². The molecule has 0 aliphatic carbocycles. The molecule has 0 saturated carbocycles. The van der Waals surface area contributed by atoms with Crippen molar-refractivity contribution in [2.24, 2.45) is 0 Å². The van der Waals surface area contributed by atoms with Gasteiger partial charge in [-0.15, -0.1) is 0 Å². The summed E-state index contributed by atoms with van der Waals surface area (Å²) in [6.45, 7) is 7.69. The number of aryl methyl sites for hydroxylation is 2. The minimum absolute atomic E-state index is 0.260. The first-order valence-corrected chi connectivity index (χ1v) is 8.24. The number of piperidine rings is 1. The summed E-state index contributed by atoms with van der Waals surface area (Å²) >= 11 is 0. The molecule has 1 aliphatic heterocycles. The Kier molecular flexibility index (Phi) is 5.59. The largest absolute Gasteiger partial charge is 0.340 e. The average Bonchev–Trinajstić information content (AvgIpc) is 2.77. The number of nitrogens with zero attached hydrogens (tertiary/aromatic N) is 4. The van der Waals surface area contributed by atoms with Crippen LogP contribution in [-0.4, -0.2) is 33.2 Å². The highest BCUT2D eigenvalue weighted by Crippen LogP contribution is 2.20. The van der Waals surface area contributed by atoms with Crippen LogP contribution in [0.1, 0.15) is 56.0 Å². The van der Waals surface area contributed by atoms with E-state index in [2.05, 4.69) is 18.1 Å². The maximum Gasteiger partial charge on any atom is 0.223 e. The first kappa shape index (κ1) is 16.5. The van der Waals surface area contributed by atoms with Crippen molar-refractivity contribution >= 4 is 5.91 Å². The van der Waals surface area contributed by atoms with Crippen molar-refractivity contribution in [1.29, 1.82) is 5.26 Å². The molecule has 22 heavy (non-hydrogen) atoms. The van der Waals surface area contributed by atoms with E-state index in [4.69, 9.17) is 5.26 Å². The van der Waals surface area contributed by atoms with Gasteiger partial charge in [0.1, 0.15) is 0 Å². The van der Waals surface area contributed by atoms with Gasteiger partial charge in [-0.2, -0.15) is 10.4 Å². The highest BCUT2D eigenvalue weighted by atomic mass is 16.2. The molecule has 0 radical (unpaired) electrons. The van der Waals surface area contributed by atoms with Crippen LogP contribution in [0, 0.1) is 25.2 Å². The minimum atomic E-state index is 0.260. The molecule has 0 N–H and O–H groups in total. The van der Waals surface area contributed by atoms with Gasteiger partial charge >= 0.3 is 0 Å². The Bertz CT molecular complexity index is 570. The Morgan fingerprint density at radius 3 is 2.86 bits per heavy atom. The van der Waals surface area contributed by atoms with Gasteiger partial charge < -0.3 is 4.90 Å². The zero-order valence-corrected chi connectivity index (χ0v) is 13.9. The van der Waals surface area contributed by atoms with Crippen molar-refractivity contribution in [2.45, 2.75) is 71.9 Å². The van der Waals surface area contributed by atoms with Gasteiger partial charge in [-0.3, -0.25) is 9.48 Å². The predicted molar refractivity (Wildman–Crippen MR) is 85.3 cm³/mol. The van der Waals surface area contributed by atoms with E-state index >= 15 is 0 Å². The fraction of sp³-hybridized carbons (Fsp3) is 0.706. The molecule has 2 heterocycles. The lowest BCUT2D eigenvalue weighted by Crippen LogP contribution is -2.42. The molecule has 1 aromatic rings. The SMILES string of the molecule is Cc1nn(CCC#N)c(C)c1CCC(=O)N1CCCCC1C. The summed E-state index contributed by atoms with van der Waals surface area (Å²) in [7, 11) is 0. The summed E-state index contributed by atoms with van der Waals surface area (Å²) in [4.78, 5) is 14.5. The van der Waals surface area contributed by atoms with E-state index in [-0.39, 0.29) is 5.91 Å². The molecule has 5 nitrogen and oxygen atoms in total. The summed E-state index contributed by atoms with van der Waals surface area (Å²) in [6.07, 6.45) is 5.23. The molecular weight excluding hydrogens is 276 g/mol. The van der Waals surface area contributed by atoms with Gasteiger partial charge in [0.05, 0.1) is 24.7 Å². The summed E-state index contributed by atoms with van der Waals surface area (Å²) in [5.41, 5.74) is 3.23. The first-order valence-electron chi connectivity index (χ1n) is 8.24. The molecular formula is C17H26N4O. The van der Waals surface area contributed by atoms with Gasteiger partial charge in [-0.1, -0.05) is 0 Å². The molecule has 1 amide bonds. The van der Waals surface area contributed by atoms with Crippen molar-refractivity contribution < 1.29 is 4.79 Å². The lowest BCUT2D eigenvalue weighted by Gasteiger charge is -2.33. The quantitative estimate of drug-likeness (QED) is 0.840. The van der Waals surface area contributed by atoms with Crippen molar-refractivity contribution in [3.05, 3.63) is 17.0 Å². The third kappa shape index (κ3) is 3.68. The number of aromatic nitrogens is 2. The molecule has 1 atom stereocenters. The maximum atomic E-state index is 12.4. The van der Waals surface area contributed by atoms with E-state index in [1.165, 1.54) is 6.42 Å². The van der Waals surface area contributed by atoms with Crippen LogP contribution in [0.5, 0.6) is 0 Å². The molecule has 0 bridgehead atoms. The van der Waals surface area contributed by atoms with Crippen molar-refractivity contribution in [3.63, 3.8) is 0 Å². The standard InChI is InChI=1S/C17H26N4O/c1-13-7-4-5-11-20(13)17(22)9-8-16-14(2)19-21(15(16)3)12-6-10-18/h13H,4-9,11-12H2,1-3H3. The number of rotatable bonds is 5. The molecule has 0 aromatic carbocycles. The summed E-state index contributed by atoms with van der Waals surface area (Å²) in [5, 5.41) is 13.2. The van der Waals surface area contributed by atoms with E-state index in [9.17, 15) is 4.79 Å². The van der Waals surface area contributed by atoms with Crippen LogP contribution in [0.25, 0.3) is 0 Å². The molecule has 0 spiro atoms. The highest BCUT2D eigenvalue weighted by molar-refractivity contribution is 5.77. The predicted octanol–water partition coefficient (Wildman–Crippen LogP) is 2.75. The lowest BCUT2D eigenvalue weighted by molar-refractivity contribution is -0.134.